The second kappa shape index (κ2) is 2.49. The maximum absolute atomic E-state index is 11.6. The van der Waals surface area contributed by atoms with Crippen molar-refractivity contribution in [2.45, 2.75) is 52.0 Å². The molecule has 2 heteroatoms. The third kappa shape index (κ3) is 1.36. The molecule has 0 aliphatic carbocycles. The molecule has 2 nitrogen and oxygen atoms in total. The molecule has 0 aromatic rings. The van der Waals surface area contributed by atoms with Crippen molar-refractivity contribution in [1.29, 1.82) is 0 Å². The molecule has 2 fully saturated rings. The third-order valence-corrected chi connectivity index (χ3v) is 3.76. The summed E-state index contributed by atoms with van der Waals surface area (Å²) >= 11 is 0. The van der Waals surface area contributed by atoms with Gasteiger partial charge in [-0.05, 0) is 31.6 Å². The van der Waals surface area contributed by atoms with E-state index in [-0.39, 0.29) is 5.54 Å². The minimum absolute atomic E-state index is 0.201. The van der Waals surface area contributed by atoms with Crippen molar-refractivity contribution < 1.29 is 4.79 Å². The zero-order chi connectivity index (χ0) is 9.69. The van der Waals surface area contributed by atoms with Crippen molar-refractivity contribution in [3.8, 4) is 0 Å². The van der Waals surface area contributed by atoms with Crippen molar-refractivity contribution in [2.24, 2.45) is 5.41 Å². The van der Waals surface area contributed by atoms with Crippen molar-refractivity contribution in [1.82, 2.24) is 4.90 Å². The molecule has 2 aliphatic heterocycles. The SMILES string of the molecule is CC1(C)CCC2(C)CCC(=O)N2C1. The monoisotopic (exact) mass is 181 g/mol. The first-order valence-electron chi connectivity index (χ1n) is 5.24. The fourth-order valence-electron chi connectivity index (χ4n) is 2.60. The van der Waals surface area contributed by atoms with Gasteiger partial charge >= 0.3 is 0 Å². The maximum atomic E-state index is 11.6. The molecule has 0 spiro atoms. The summed E-state index contributed by atoms with van der Waals surface area (Å²) in [6.07, 6.45) is 4.29. The Morgan fingerprint density at radius 3 is 2.54 bits per heavy atom. The van der Waals surface area contributed by atoms with E-state index in [1.54, 1.807) is 0 Å². The number of nitrogens with zero attached hydrogens (tertiary/aromatic N) is 1. The minimum atomic E-state index is 0.201. The molecule has 0 radical (unpaired) electrons. The summed E-state index contributed by atoms with van der Waals surface area (Å²) in [6.45, 7) is 7.73. The van der Waals surface area contributed by atoms with E-state index in [2.05, 4.69) is 25.7 Å². The average molecular weight is 181 g/mol. The van der Waals surface area contributed by atoms with E-state index in [0.717, 1.165) is 19.4 Å². The summed E-state index contributed by atoms with van der Waals surface area (Å²) in [7, 11) is 0. The highest BCUT2D eigenvalue weighted by molar-refractivity contribution is 5.79. The first-order chi connectivity index (χ1) is 5.93. The third-order valence-electron chi connectivity index (χ3n) is 3.76. The van der Waals surface area contributed by atoms with Gasteiger partial charge in [0.15, 0.2) is 0 Å². The van der Waals surface area contributed by atoms with Gasteiger partial charge in [0, 0.05) is 18.5 Å². The highest BCUT2D eigenvalue weighted by Crippen LogP contribution is 2.43. The molecule has 1 atom stereocenters. The van der Waals surface area contributed by atoms with Crippen molar-refractivity contribution in [3.05, 3.63) is 0 Å². The molecule has 0 bridgehead atoms. The number of hydrogen-bond acceptors (Lipinski definition) is 1. The topological polar surface area (TPSA) is 20.3 Å². The number of carbonyl (C=O) groups excluding carboxylic acids is 1. The normalized spacial score (nSPS) is 37.8. The number of piperidine rings is 1. The van der Waals surface area contributed by atoms with E-state index in [4.69, 9.17) is 0 Å². The number of rotatable bonds is 0. The molecule has 0 N–H and O–H groups in total. The molecule has 2 rings (SSSR count). The van der Waals surface area contributed by atoms with Crippen LogP contribution in [-0.2, 0) is 4.79 Å². The summed E-state index contributed by atoms with van der Waals surface area (Å²) in [4.78, 5) is 13.7. The van der Waals surface area contributed by atoms with Gasteiger partial charge in [0.05, 0.1) is 0 Å². The Hall–Kier alpha value is -0.530. The minimum Gasteiger partial charge on any atom is -0.337 e. The molecular weight excluding hydrogens is 162 g/mol. The van der Waals surface area contributed by atoms with Crippen LogP contribution >= 0.6 is 0 Å². The number of fused-ring (bicyclic) bond motifs is 1. The lowest BCUT2D eigenvalue weighted by Crippen LogP contribution is -2.52. The van der Waals surface area contributed by atoms with Gasteiger partial charge in [-0.15, -0.1) is 0 Å². The van der Waals surface area contributed by atoms with E-state index >= 15 is 0 Å². The van der Waals surface area contributed by atoms with Gasteiger partial charge in [-0.2, -0.15) is 0 Å². The molecule has 0 saturated carbocycles. The lowest BCUT2D eigenvalue weighted by molar-refractivity contribution is -0.135. The predicted octanol–water partition coefficient (Wildman–Crippen LogP) is 2.19. The molecule has 74 valence electrons. The van der Waals surface area contributed by atoms with Crippen LogP contribution in [0.25, 0.3) is 0 Å². The van der Waals surface area contributed by atoms with Crippen LogP contribution in [0.3, 0.4) is 0 Å². The Morgan fingerprint density at radius 2 is 1.85 bits per heavy atom. The van der Waals surface area contributed by atoms with Crippen molar-refractivity contribution in [2.75, 3.05) is 6.54 Å². The fraction of sp³-hybridized carbons (Fsp3) is 0.909. The van der Waals surface area contributed by atoms with Crippen molar-refractivity contribution in [3.63, 3.8) is 0 Å². The highest BCUT2D eigenvalue weighted by Gasteiger charge is 2.47. The standard InChI is InChI=1S/C11H19NO/c1-10(2)6-7-11(3)5-4-9(13)12(11)8-10/h4-8H2,1-3H3. The molecule has 0 aromatic carbocycles. The quantitative estimate of drug-likeness (QED) is 0.561. The van der Waals surface area contributed by atoms with Crippen LogP contribution in [-0.4, -0.2) is 22.9 Å². The average Bonchev–Trinajstić information content (AvgIpc) is 2.31. The summed E-state index contributed by atoms with van der Waals surface area (Å²) in [5, 5.41) is 0. The molecule has 2 aliphatic rings. The molecule has 2 heterocycles. The Kier molecular flexibility index (Phi) is 1.73. The van der Waals surface area contributed by atoms with E-state index in [1.807, 2.05) is 0 Å². The van der Waals surface area contributed by atoms with Gasteiger partial charge in [0.1, 0.15) is 0 Å². The highest BCUT2D eigenvalue weighted by atomic mass is 16.2. The molecule has 0 aromatic heterocycles. The van der Waals surface area contributed by atoms with E-state index in [1.165, 1.54) is 12.8 Å². The van der Waals surface area contributed by atoms with Crippen LogP contribution in [0.15, 0.2) is 0 Å². The molecule has 2 saturated heterocycles. The van der Waals surface area contributed by atoms with E-state index in [0.29, 0.717) is 11.3 Å². The van der Waals surface area contributed by atoms with Crippen LogP contribution in [0.5, 0.6) is 0 Å². The van der Waals surface area contributed by atoms with Crippen LogP contribution < -0.4 is 0 Å². The zero-order valence-electron chi connectivity index (χ0n) is 8.89. The van der Waals surface area contributed by atoms with Crippen LogP contribution in [0.1, 0.15) is 46.5 Å². The second-order valence-corrected chi connectivity index (χ2v) is 5.64. The van der Waals surface area contributed by atoms with Gasteiger partial charge in [-0.25, -0.2) is 0 Å². The number of hydrogen-bond donors (Lipinski definition) is 0. The van der Waals surface area contributed by atoms with Gasteiger partial charge in [0.25, 0.3) is 0 Å². The Bertz CT molecular complexity index is 246. The number of amides is 1. The Balaban J connectivity index is 2.22. The molecular formula is C11H19NO. The summed E-state index contributed by atoms with van der Waals surface area (Å²) < 4.78 is 0. The van der Waals surface area contributed by atoms with Crippen molar-refractivity contribution >= 4 is 5.91 Å². The smallest absolute Gasteiger partial charge is 0.223 e. The van der Waals surface area contributed by atoms with Gasteiger partial charge < -0.3 is 4.90 Å². The fourth-order valence-corrected chi connectivity index (χ4v) is 2.60. The molecule has 1 amide bonds. The van der Waals surface area contributed by atoms with Crippen LogP contribution in [0, 0.1) is 5.41 Å². The van der Waals surface area contributed by atoms with Gasteiger partial charge in [-0.3, -0.25) is 4.79 Å². The van der Waals surface area contributed by atoms with Gasteiger partial charge in [0.2, 0.25) is 5.91 Å². The summed E-state index contributed by atoms with van der Waals surface area (Å²) in [5.74, 6) is 0.371. The lowest BCUT2D eigenvalue weighted by Gasteiger charge is -2.46. The maximum Gasteiger partial charge on any atom is 0.223 e. The van der Waals surface area contributed by atoms with Gasteiger partial charge in [-0.1, -0.05) is 13.8 Å². The summed E-state index contributed by atoms with van der Waals surface area (Å²) in [5.41, 5.74) is 0.534. The van der Waals surface area contributed by atoms with E-state index in [9.17, 15) is 4.79 Å². The summed E-state index contributed by atoms with van der Waals surface area (Å²) in [6, 6.07) is 0. The molecule has 13 heavy (non-hydrogen) atoms. The first kappa shape index (κ1) is 9.04. The number of carbonyl (C=O) groups is 1. The first-order valence-corrected chi connectivity index (χ1v) is 5.24. The Morgan fingerprint density at radius 1 is 1.15 bits per heavy atom. The predicted molar refractivity (Wildman–Crippen MR) is 52.4 cm³/mol. The lowest BCUT2D eigenvalue weighted by atomic mass is 9.76. The second-order valence-electron chi connectivity index (χ2n) is 5.64. The molecule has 1 unspecified atom stereocenters. The Labute approximate surface area is 80.3 Å². The van der Waals surface area contributed by atoms with E-state index < -0.39 is 0 Å². The van der Waals surface area contributed by atoms with Crippen LogP contribution in [0.2, 0.25) is 0 Å². The van der Waals surface area contributed by atoms with Crippen LogP contribution in [0.4, 0.5) is 0 Å². The largest absolute Gasteiger partial charge is 0.337 e. The zero-order valence-corrected chi connectivity index (χ0v) is 8.89.